The third-order valence-corrected chi connectivity index (χ3v) is 1.91. The molecule has 2 amide bonds. The van der Waals surface area contributed by atoms with Gasteiger partial charge in [-0.1, -0.05) is 0 Å². The lowest BCUT2D eigenvalue weighted by molar-refractivity contribution is 0.143. The van der Waals surface area contributed by atoms with Gasteiger partial charge in [-0.05, 0) is 26.7 Å². The molecule has 96 valence electrons. The Bertz CT molecular complexity index is 149. The van der Waals surface area contributed by atoms with Crippen molar-refractivity contribution >= 4 is 6.03 Å². The first-order valence-electron chi connectivity index (χ1n) is 5.98. The molecule has 0 aromatic rings. The summed E-state index contributed by atoms with van der Waals surface area (Å²) in [6.07, 6.45) is 1.69. The molecule has 0 radical (unpaired) electrons. The number of rotatable bonds is 10. The fraction of sp³-hybridized carbons (Fsp3) is 0.909. The zero-order valence-corrected chi connectivity index (χ0v) is 10.4. The molecule has 0 atom stereocenters. The van der Waals surface area contributed by atoms with Crippen molar-refractivity contribution in [3.05, 3.63) is 0 Å². The van der Waals surface area contributed by atoms with Crippen LogP contribution in [0.5, 0.6) is 0 Å². The standard InChI is InChI=1S/C11H24N2O3/c1-3-15-9-5-7-12-11(14)13-8-6-10-16-4-2/h3-10H2,1-2H3,(H2,12,13,14). The third kappa shape index (κ3) is 11.3. The topological polar surface area (TPSA) is 59.6 Å². The summed E-state index contributed by atoms with van der Waals surface area (Å²) in [5, 5.41) is 5.52. The molecule has 0 aliphatic heterocycles. The van der Waals surface area contributed by atoms with E-state index in [1.807, 2.05) is 13.8 Å². The maximum Gasteiger partial charge on any atom is 0.314 e. The highest BCUT2D eigenvalue weighted by Gasteiger charge is 1.97. The van der Waals surface area contributed by atoms with E-state index in [2.05, 4.69) is 10.6 Å². The Morgan fingerprint density at radius 2 is 1.38 bits per heavy atom. The number of nitrogens with one attached hydrogen (secondary N) is 2. The Balaban J connectivity index is 3.12. The lowest BCUT2D eigenvalue weighted by Crippen LogP contribution is -2.37. The van der Waals surface area contributed by atoms with Gasteiger partial charge in [-0.3, -0.25) is 0 Å². The molecular formula is C11H24N2O3. The Morgan fingerprint density at radius 3 is 1.75 bits per heavy atom. The van der Waals surface area contributed by atoms with Crippen LogP contribution in [-0.2, 0) is 9.47 Å². The van der Waals surface area contributed by atoms with Gasteiger partial charge in [-0.15, -0.1) is 0 Å². The fourth-order valence-corrected chi connectivity index (χ4v) is 1.10. The van der Waals surface area contributed by atoms with Crippen molar-refractivity contribution in [2.24, 2.45) is 0 Å². The Morgan fingerprint density at radius 1 is 0.938 bits per heavy atom. The van der Waals surface area contributed by atoms with Crippen molar-refractivity contribution in [3.63, 3.8) is 0 Å². The minimum Gasteiger partial charge on any atom is -0.382 e. The molecule has 0 saturated heterocycles. The van der Waals surface area contributed by atoms with Crippen LogP contribution >= 0.6 is 0 Å². The summed E-state index contributed by atoms with van der Waals surface area (Å²) in [5.41, 5.74) is 0. The van der Waals surface area contributed by atoms with Gasteiger partial charge in [-0.25, -0.2) is 4.79 Å². The molecule has 5 nitrogen and oxygen atoms in total. The first kappa shape index (κ1) is 15.2. The Labute approximate surface area is 97.9 Å². The molecule has 2 N–H and O–H groups in total. The van der Waals surface area contributed by atoms with Crippen molar-refractivity contribution in [2.45, 2.75) is 26.7 Å². The van der Waals surface area contributed by atoms with E-state index < -0.39 is 0 Å². The van der Waals surface area contributed by atoms with Crippen LogP contribution in [0.3, 0.4) is 0 Å². The van der Waals surface area contributed by atoms with Crippen LogP contribution in [0.15, 0.2) is 0 Å². The highest BCUT2D eigenvalue weighted by Crippen LogP contribution is 1.82. The lowest BCUT2D eigenvalue weighted by atomic mass is 10.4. The van der Waals surface area contributed by atoms with Gasteiger partial charge in [0.1, 0.15) is 0 Å². The monoisotopic (exact) mass is 232 g/mol. The predicted octanol–water partition coefficient (Wildman–Crippen LogP) is 1.14. The average Bonchev–Trinajstić information content (AvgIpc) is 2.28. The van der Waals surface area contributed by atoms with E-state index in [0.29, 0.717) is 26.3 Å². The Hall–Kier alpha value is -0.810. The highest BCUT2D eigenvalue weighted by molar-refractivity contribution is 5.73. The van der Waals surface area contributed by atoms with E-state index in [0.717, 1.165) is 26.1 Å². The molecule has 0 unspecified atom stereocenters. The lowest BCUT2D eigenvalue weighted by Gasteiger charge is -2.07. The van der Waals surface area contributed by atoms with Gasteiger partial charge < -0.3 is 20.1 Å². The molecule has 0 heterocycles. The second-order valence-corrected chi connectivity index (χ2v) is 3.28. The SMILES string of the molecule is CCOCCCNC(=O)NCCCOCC. The van der Waals surface area contributed by atoms with Crippen LogP contribution in [0.2, 0.25) is 0 Å². The quantitative estimate of drug-likeness (QED) is 0.555. The minimum absolute atomic E-state index is 0.118. The maximum absolute atomic E-state index is 11.2. The summed E-state index contributed by atoms with van der Waals surface area (Å²) in [5.74, 6) is 0. The van der Waals surface area contributed by atoms with Crippen molar-refractivity contribution in [1.29, 1.82) is 0 Å². The third-order valence-electron chi connectivity index (χ3n) is 1.91. The number of hydrogen-bond donors (Lipinski definition) is 2. The second-order valence-electron chi connectivity index (χ2n) is 3.28. The molecule has 0 fully saturated rings. The summed E-state index contributed by atoms with van der Waals surface area (Å²) in [6.45, 7) is 8.06. The van der Waals surface area contributed by atoms with E-state index in [1.54, 1.807) is 0 Å². The fourth-order valence-electron chi connectivity index (χ4n) is 1.10. The number of ether oxygens (including phenoxy) is 2. The summed E-state index contributed by atoms with van der Waals surface area (Å²) in [4.78, 5) is 11.2. The molecule has 0 saturated carbocycles. The molecule has 0 spiro atoms. The molecular weight excluding hydrogens is 208 g/mol. The minimum atomic E-state index is -0.118. The maximum atomic E-state index is 11.2. The first-order chi connectivity index (χ1) is 7.81. The van der Waals surface area contributed by atoms with Crippen LogP contribution in [0.4, 0.5) is 4.79 Å². The van der Waals surface area contributed by atoms with Crippen LogP contribution in [0.1, 0.15) is 26.7 Å². The number of carbonyl (C=O) groups excluding carboxylic acids is 1. The van der Waals surface area contributed by atoms with Crippen LogP contribution < -0.4 is 10.6 Å². The van der Waals surface area contributed by atoms with Crippen molar-refractivity contribution < 1.29 is 14.3 Å². The van der Waals surface area contributed by atoms with Gasteiger partial charge in [0.15, 0.2) is 0 Å². The smallest absolute Gasteiger partial charge is 0.314 e. The molecule has 0 aliphatic carbocycles. The zero-order valence-electron chi connectivity index (χ0n) is 10.4. The number of carbonyl (C=O) groups is 1. The molecule has 0 aliphatic rings. The first-order valence-corrected chi connectivity index (χ1v) is 5.98. The van der Waals surface area contributed by atoms with Gasteiger partial charge in [0, 0.05) is 39.5 Å². The number of urea groups is 1. The second kappa shape index (κ2) is 12.3. The molecule has 0 rings (SSSR count). The largest absolute Gasteiger partial charge is 0.382 e. The van der Waals surface area contributed by atoms with Crippen molar-refractivity contribution in [3.8, 4) is 0 Å². The molecule has 5 heteroatoms. The van der Waals surface area contributed by atoms with Gasteiger partial charge in [0.25, 0.3) is 0 Å². The van der Waals surface area contributed by atoms with E-state index >= 15 is 0 Å². The zero-order chi connectivity index (χ0) is 12.1. The summed E-state index contributed by atoms with van der Waals surface area (Å²) in [7, 11) is 0. The van der Waals surface area contributed by atoms with Gasteiger partial charge in [0.2, 0.25) is 0 Å². The number of amides is 2. The summed E-state index contributed by atoms with van der Waals surface area (Å²) in [6, 6.07) is -0.118. The molecule has 0 aromatic carbocycles. The normalized spacial score (nSPS) is 10.1. The molecule has 16 heavy (non-hydrogen) atoms. The molecule has 0 bridgehead atoms. The predicted molar refractivity (Wildman–Crippen MR) is 63.6 cm³/mol. The van der Waals surface area contributed by atoms with E-state index in [9.17, 15) is 4.79 Å². The van der Waals surface area contributed by atoms with E-state index in [1.165, 1.54) is 0 Å². The summed E-state index contributed by atoms with van der Waals surface area (Å²) >= 11 is 0. The highest BCUT2D eigenvalue weighted by atomic mass is 16.5. The van der Waals surface area contributed by atoms with Crippen molar-refractivity contribution in [1.82, 2.24) is 10.6 Å². The summed E-state index contributed by atoms with van der Waals surface area (Å²) < 4.78 is 10.3. The van der Waals surface area contributed by atoms with E-state index in [-0.39, 0.29) is 6.03 Å². The van der Waals surface area contributed by atoms with Gasteiger partial charge >= 0.3 is 6.03 Å². The van der Waals surface area contributed by atoms with Crippen LogP contribution in [-0.4, -0.2) is 45.5 Å². The van der Waals surface area contributed by atoms with Gasteiger partial charge in [-0.2, -0.15) is 0 Å². The Kier molecular flexibility index (Phi) is 11.6. The van der Waals surface area contributed by atoms with Crippen molar-refractivity contribution in [2.75, 3.05) is 39.5 Å². The van der Waals surface area contributed by atoms with E-state index in [4.69, 9.17) is 9.47 Å². The molecule has 0 aromatic heterocycles. The van der Waals surface area contributed by atoms with Crippen LogP contribution in [0, 0.1) is 0 Å². The average molecular weight is 232 g/mol. The van der Waals surface area contributed by atoms with Crippen LogP contribution in [0.25, 0.3) is 0 Å². The number of hydrogen-bond acceptors (Lipinski definition) is 3. The van der Waals surface area contributed by atoms with Gasteiger partial charge in [0.05, 0.1) is 0 Å².